The number of hydrogen-bond donors (Lipinski definition) is 1. The molecule has 3 rings (SSSR count). The average Bonchev–Trinajstić information content (AvgIpc) is 3.08. The van der Waals surface area contributed by atoms with Crippen molar-refractivity contribution in [2.24, 2.45) is 0 Å². The van der Waals surface area contributed by atoms with E-state index < -0.39 is 5.97 Å². The van der Waals surface area contributed by atoms with E-state index in [1.54, 1.807) is 17.5 Å². The number of nitrogens with zero attached hydrogens (tertiary/aromatic N) is 4. The Labute approximate surface area is 116 Å². The van der Waals surface area contributed by atoms with E-state index in [-0.39, 0.29) is 11.5 Å². The number of aromatic carboxylic acids is 1. The summed E-state index contributed by atoms with van der Waals surface area (Å²) in [5.74, 6) is -1.46. The number of rotatable bonds is 3. The van der Waals surface area contributed by atoms with Crippen LogP contribution in [0.2, 0.25) is 0 Å². The molecule has 20 heavy (non-hydrogen) atoms. The molecule has 0 unspecified atom stereocenters. The zero-order valence-electron chi connectivity index (χ0n) is 9.89. The molecule has 1 N–H and O–H groups in total. The summed E-state index contributed by atoms with van der Waals surface area (Å²) >= 11 is 1.23. The van der Waals surface area contributed by atoms with Crippen LogP contribution < -0.4 is 0 Å². The minimum Gasteiger partial charge on any atom is -0.476 e. The lowest BCUT2D eigenvalue weighted by Crippen LogP contribution is -2.07. The van der Waals surface area contributed by atoms with Gasteiger partial charge in [-0.25, -0.2) is 14.2 Å². The second-order valence-corrected chi connectivity index (χ2v) is 4.69. The maximum Gasteiger partial charge on any atom is 0.356 e. The first-order valence-corrected chi connectivity index (χ1v) is 6.39. The molecule has 0 amide bonds. The molecule has 3 aromatic rings. The van der Waals surface area contributed by atoms with Crippen LogP contribution in [-0.2, 0) is 0 Å². The Hall–Kier alpha value is -2.61. The van der Waals surface area contributed by atoms with Crippen LogP contribution in [-0.4, -0.2) is 31.1 Å². The molecule has 0 radical (unpaired) electrons. The molecule has 2 aromatic heterocycles. The molecule has 0 aliphatic carbocycles. The van der Waals surface area contributed by atoms with Gasteiger partial charge in [-0.15, -0.1) is 16.4 Å². The third-order valence-corrected chi connectivity index (χ3v) is 3.40. The lowest BCUT2D eigenvalue weighted by Gasteiger charge is -1.97. The third kappa shape index (κ3) is 2.16. The zero-order valence-corrected chi connectivity index (χ0v) is 10.7. The quantitative estimate of drug-likeness (QED) is 0.800. The molecule has 0 saturated carbocycles. The van der Waals surface area contributed by atoms with E-state index in [4.69, 9.17) is 5.11 Å². The largest absolute Gasteiger partial charge is 0.476 e. The summed E-state index contributed by atoms with van der Waals surface area (Å²) in [5.41, 5.74) is 1.30. The highest BCUT2D eigenvalue weighted by Crippen LogP contribution is 2.24. The van der Waals surface area contributed by atoms with Gasteiger partial charge < -0.3 is 5.11 Å². The van der Waals surface area contributed by atoms with Crippen molar-refractivity contribution in [3.63, 3.8) is 0 Å². The summed E-state index contributed by atoms with van der Waals surface area (Å²) in [6, 6.07) is 5.89. The fourth-order valence-corrected chi connectivity index (χ4v) is 2.43. The molecule has 100 valence electrons. The van der Waals surface area contributed by atoms with E-state index in [0.717, 1.165) is 16.4 Å². The van der Waals surface area contributed by atoms with Crippen LogP contribution in [0.1, 0.15) is 10.5 Å². The Balaban J connectivity index is 2.00. The predicted molar refractivity (Wildman–Crippen MR) is 69.4 cm³/mol. The molecular formula is C12H7FN4O2S. The molecule has 2 heterocycles. The van der Waals surface area contributed by atoms with Gasteiger partial charge in [0.05, 0.1) is 11.9 Å². The maximum atomic E-state index is 12.9. The molecule has 0 saturated heterocycles. The molecule has 0 spiro atoms. The van der Waals surface area contributed by atoms with Crippen LogP contribution in [0.5, 0.6) is 0 Å². The molecular weight excluding hydrogens is 283 g/mol. The fraction of sp³-hybridized carbons (Fsp3) is 0. The average molecular weight is 290 g/mol. The van der Waals surface area contributed by atoms with Gasteiger partial charge in [-0.3, -0.25) is 0 Å². The Morgan fingerprint density at radius 3 is 2.75 bits per heavy atom. The third-order valence-electron chi connectivity index (χ3n) is 2.58. The van der Waals surface area contributed by atoms with Gasteiger partial charge >= 0.3 is 5.97 Å². The number of aromatic nitrogens is 4. The van der Waals surface area contributed by atoms with Crippen LogP contribution in [0, 0.1) is 5.82 Å². The number of thiazole rings is 1. The molecule has 0 bridgehead atoms. The Morgan fingerprint density at radius 1 is 1.30 bits per heavy atom. The molecule has 6 nitrogen and oxygen atoms in total. The van der Waals surface area contributed by atoms with E-state index in [1.165, 1.54) is 23.5 Å². The van der Waals surface area contributed by atoms with E-state index >= 15 is 0 Å². The van der Waals surface area contributed by atoms with E-state index in [1.807, 2.05) is 0 Å². The predicted octanol–water partition coefficient (Wildman–Crippen LogP) is 2.23. The summed E-state index contributed by atoms with van der Waals surface area (Å²) < 4.78 is 14.0. The van der Waals surface area contributed by atoms with Gasteiger partial charge in [0.15, 0.2) is 5.69 Å². The van der Waals surface area contributed by atoms with Gasteiger partial charge in [0.25, 0.3) is 0 Å². The first-order chi connectivity index (χ1) is 9.65. The van der Waals surface area contributed by atoms with Gasteiger partial charge in [0, 0.05) is 10.9 Å². The van der Waals surface area contributed by atoms with Crippen LogP contribution in [0.25, 0.3) is 16.4 Å². The van der Waals surface area contributed by atoms with Crippen LogP contribution in [0.3, 0.4) is 0 Å². The number of carbonyl (C=O) groups is 1. The Bertz CT molecular complexity index is 766. The van der Waals surface area contributed by atoms with Crippen molar-refractivity contribution < 1.29 is 14.3 Å². The van der Waals surface area contributed by atoms with Crippen LogP contribution in [0.15, 0.2) is 35.8 Å². The van der Waals surface area contributed by atoms with Crippen molar-refractivity contribution in [3.05, 3.63) is 47.4 Å². The molecule has 0 aliphatic heterocycles. The van der Waals surface area contributed by atoms with Crippen molar-refractivity contribution >= 4 is 17.3 Å². The van der Waals surface area contributed by atoms with E-state index in [2.05, 4.69) is 15.3 Å². The van der Waals surface area contributed by atoms with Crippen LogP contribution >= 0.6 is 11.3 Å². The Kier molecular flexibility index (Phi) is 2.99. The molecule has 0 atom stereocenters. The second kappa shape index (κ2) is 4.82. The lowest BCUT2D eigenvalue weighted by molar-refractivity contribution is 0.0687. The van der Waals surface area contributed by atoms with Gasteiger partial charge in [-0.1, -0.05) is 5.21 Å². The van der Waals surface area contributed by atoms with Crippen molar-refractivity contribution in [1.29, 1.82) is 0 Å². The topological polar surface area (TPSA) is 80.9 Å². The summed E-state index contributed by atoms with van der Waals surface area (Å²) in [7, 11) is 0. The maximum absolute atomic E-state index is 12.9. The lowest BCUT2D eigenvalue weighted by atomic mass is 10.2. The highest BCUT2D eigenvalue weighted by molar-refractivity contribution is 7.12. The van der Waals surface area contributed by atoms with Crippen molar-refractivity contribution in [1.82, 2.24) is 20.0 Å². The van der Waals surface area contributed by atoms with E-state index in [9.17, 15) is 9.18 Å². The Morgan fingerprint density at radius 2 is 2.05 bits per heavy atom. The smallest absolute Gasteiger partial charge is 0.356 e. The number of halogens is 1. The van der Waals surface area contributed by atoms with Crippen molar-refractivity contribution in [3.8, 4) is 16.4 Å². The zero-order chi connectivity index (χ0) is 14.1. The standard InChI is InChI=1S/C12H7FN4O2S/c13-8-3-1-7(2-4-8)9-6-20-12(15-9)17-10(11(18)19)5-14-16-17/h1-6H,(H,18,19). The fourth-order valence-electron chi connectivity index (χ4n) is 1.64. The van der Waals surface area contributed by atoms with Gasteiger partial charge in [-0.2, -0.15) is 4.68 Å². The highest BCUT2D eigenvalue weighted by Gasteiger charge is 2.16. The number of carboxylic acid groups (broad SMARTS) is 1. The first-order valence-electron chi connectivity index (χ1n) is 5.51. The number of hydrogen-bond acceptors (Lipinski definition) is 5. The molecule has 0 fully saturated rings. The normalized spacial score (nSPS) is 10.7. The minimum atomic E-state index is -1.13. The summed E-state index contributed by atoms with van der Waals surface area (Å²) in [4.78, 5) is 15.3. The van der Waals surface area contributed by atoms with Crippen molar-refractivity contribution in [2.45, 2.75) is 0 Å². The summed E-state index contributed by atoms with van der Waals surface area (Å²) in [6.45, 7) is 0. The van der Waals surface area contributed by atoms with Gasteiger partial charge in [-0.05, 0) is 24.3 Å². The van der Waals surface area contributed by atoms with Crippen LogP contribution in [0.4, 0.5) is 4.39 Å². The highest BCUT2D eigenvalue weighted by atomic mass is 32.1. The second-order valence-electron chi connectivity index (χ2n) is 3.86. The molecule has 1 aromatic carbocycles. The van der Waals surface area contributed by atoms with Crippen molar-refractivity contribution in [2.75, 3.05) is 0 Å². The summed E-state index contributed by atoms with van der Waals surface area (Å²) in [5, 5.41) is 18.4. The number of carboxylic acids is 1. The summed E-state index contributed by atoms with van der Waals surface area (Å²) in [6.07, 6.45) is 1.15. The first kappa shape index (κ1) is 12.4. The minimum absolute atomic E-state index is 0.0648. The molecule has 0 aliphatic rings. The SMILES string of the molecule is O=C(O)c1cnnn1-c1nc(-c2ccc(F)cc2)cs1. The van der Waals surface area contributed by atoms with E-state index in [0.29, 0.717) is 10.8 Å². The van der Waals surface area contributed by atoms with Gasteiger partial charge in [0.2, 0.25) is 5.13 Å². The monoisotopic (exact) mass is 290 g/mol. The molecule has 8 heteroatoms. The number of benzene rings is 1. The van der Waals surface area contributed by atoms with Gasteiger partial charge in [0.1, 0.15) is 5.82 Å².